The Hall–Kier alpha value is -3.57. The summed E-state index contributed by atoms with van der Waals surface area (Å²) in [6.45, 7) is 6.38. The van der Waals surface area contributed by atoms with Crippen LogP contribution in [-0.4, -0.2) is 41.2 Å². The first-order valence-electron chi connectivity index (χ1n) is 11.6. The molecule has 1 saturated heterocycles. The fraction of sp³-hybridized carbons (Fsp3) is 0.250. The molecule has 0 unspecified atom stereocenters. The minimum atomic E-state index is 0.257. The van der Waals surface area contributed by atoms with Gasteiger partial charge in [-0.3, -0.25) is 4.90 Å². The standard InChI is InChI=1S/C28H26N4O2S/c1-20-7-9-21(10-8-20)23-11-12-30-28(24(23)17-29)34-19-26-31-25(18-32-13-15-33-16-14-32)27(35-26)22-5-3-2-4-6-22/h2-12H,13-16,18-19H2,1H3. The molecule has 0 radical (unpaired) electrons. The molecule has 1 fully saturated rings. The molecule has 0 bridgehead atoms. The van der Waals surface area contributed by atoms with Crippen molar-refractivity contribution in [1.29, 1.82) is 5.26 Å². The molecular weight excluding hydrogens is 456 g/mol. The molecule has 2 aromatic heterocycles. The van der Waals surface area contributed by atoms with E-state index in [0.717, 1.165) is 65.1 Å². The van der Waals surface area contributed by atoms with Crippen LogP contribution in [0.5, 0.6) is 5.88 Å². The minimum absolute atomic E-state index is 0.257. The monoisotopic (exact) mass is 482 g/mol. The number of hydrogen-bond acceptors (Lipinski definition) is 7. The Labute approximate surface area is 209 Å². The fourth-order valence-electron chi connectivity index (χ4n) is 4.12. The van der Waals surface area contributed by atoms with Crippen molar-refractivity contribution in [3.8, 4) is 33.5 Å². The number of ether oxygens (including phenoxy) is 2. The van der Waals surface area contributed by atoms with E-state index in [1.165, 1.54) is 5.56 Å². The highest BCUT2D eigenvalue weighted by atomic mass is 32.1. The molecule has 0 atom stereocenters. The first-order valence-corrected chi connectivity index (χ1v) is 12.5. The zero-order chi connectivity index (χ0) is 24.0. The van der Waals surface area contributed by atoms with Gasteiger partial charge in [0.25, 0.3) is 0 Å². The molecular formula is C28H26N4O2S. The zero-order valence-corrected chi connectivity index (χ0v) is 20.4. The number of thiazole rings is 1. The number of aromatic nitrogens is 2. The number of hydrogen-bond donors (Lipinski definition) is 0. The van der Waals surface area contributed by atoms with Crippen molar-refractivity contribution in [2.75, 3.05) is 26.3 Å². The van der Waals surface area contributed by atoms with E-state index in [1.807, 2.05) is 55.5 Å². The number of benzene rings is 2. The zero-order valence-electron chi connectivity index (χ0n) is 19.6. The molecule has 0 saturated carbocycles. The third-order valence-corrected chi connectivity index (χ3v) is 7.10. The minimum Gasteiger partial charge on any atom is -0.469 e. The lowest BCUT2D eigenvalue weighted by molar-refractivity contribution is 0.0337. The fourth-order valence-corrected chi connectivity index (χ4v) is 5.11. The number of aryl methyl sites for hydroxylation is 1. The van der Waals surface area contributed by atoms with Gasteiger partial charge in [0, 0.05) is 31.4 Å². The van der Waals surface area contributed by atoms with Gasteiger partial charge >= 0.3 is 0 Å². The maximum atomic E-state index is 9.89. The van der Waals surface area contributed by atoms with Crippen molar-refractivity contribution in [3.63, 3.8) is 0 Å². The molecule has 0 spiro atoms. The summed E-state index contributed by atoms with van der Waals surface area (Å²) in [6.07, 6.45) is 1.69. The predicted molar refractivity (Wildman–Crippen MR) is 137 cm³/mol. The second-order valence-electron chi connectivity index (χ2n) is 8.44. The van der Waals surface area contributed by atoms with Gasteiger partial charge in [0.1, 0.15) is 23.2 Å². The molecule has 176 valence electrons. The van der Waals surface area contributed by atoms with Crippen LogP contribution in [0.25, 0.3) is 21.6 Å². The average molecular weight is 483 g/mol. The number of pyridine rings is 1. The van der Waals surface area contributed by atoms with Crippen molar-refractivity contribution >= 4 is 11.3 Å². The van der Waals surface area contributed by atoms with Gasteiger partial charge in [0.05, 0.1) is 23.8 Å². The molecule has 7 heteroatoms. The van der Waals surface area contributed by atoms with Gasteiger partial charge in [-0.15, -0.1) is 11.3 Å². The molecule has 1 aliphatic rings. The topological polar surface area (TPSA) is 71.3 Å². The molecule has 6 nitrogen and oxygen atoms in total. The van der Waals surface area contributed by atoms with Crippen LogP contribution in [0.4, 0.5) is 0 Å². The average Bonchev–Trinajstić information content (AvgIpc) is 3.31. The number of morpholine rings is 1. The summed E-state index contributed by atoms with van der Waals surface area (Å²) in [4.78, 5) is 12.8. The normalized spacial score (nSPS) is 13.9. The lowest BCUT2D eigenvalue weighted by atomic mass is 10.0. The maximum Gasteiger partial charge on any atom is 0.232 e. The number of rotatable bonds is 7. The highest BCUT2D eigenvalue weighted by Gasteiger charge is 2.19. The molecule has 1 aliphatic heterocycles. The first-order chi connectivity index (χ1) is 17.2. The smallest absolute Gasteiger partial charge is 0.232 e. The Kier molecular flexibility index (Phi) is 7.15. The summed E-state index contributed by atoms with van der Waals surface area (Å²) in [5, 5.41) is 10.8. The maximum absolute atomic E-state index is 9.89. The summed E-state index contributed by atoms with van der Waals surface area (Å²) in [5.74, 6) is 0.330. The van der Waals surface area contributed by atoms with Gasteiger partial charge in [0.2, 0.25) is 5.88 Å². The highest BCUT2D eigenvalue weighted by molar-refractivity contribution is 7.15. The van der Waals surface area contributed by atoms with E-state index in [2.05, 4.69) is 28.1 Å². The van der Waals surface area contributed by atoms with Crippen molar-refractivity contribution < 1.29 is 9.47 Å². The SMILES string of the molecule is Cc1ccc(-c2ccnc(OCc3nc(CN4CCOCC4)c(-c4ccccc4)s3)c2C#N)cc1. The largest absolute Gasteiger partial charge is 0.469 e. The summed E-state index contributed by atoms with van der Waals surface area (Å²) in [6, 6.07) is 22.6. The van der Waals surface area contributed by atoms with Crippen LogP contribution in [-0.2, 0) is 17.9 Å². The van der Waals surface area contributed by atoms with E-state index in [0.29, 0.717) is 11.4 Å². The highest BCUT2D eigenvalue weighted by Crippen LogP contribution is 2.33. The first kappa shape index (κ1) is 23.2. The summed E-state index contributed by atoms with van der Waals surface area (Å²) in [5.41, 5.74) is 5.58. The second kappa shape index (κ2) is 10.8. The van der Waals surface area contributed by atoms with Gasteiger partial charge in [0.15, 0.2) is 0 Å². The molecule has 0 aliphatic carbocycles. The summed E-state index contributed by atoms with van der Waals surface area (Å²) >= 11 is 1.63. The Balaban J connectivity index is 1.40. The number of nitriles is 1. The molecule has 3 heterocycles. The van der Waals surface area contributed by atoms with Gasteiger partial charge in [-0.2, -0.15) is 5.26 Å². The van der Waals surface area contributed by atoms with Crippen LogP contribution in [0.1, 0.15) is 21.8 Å². The van der Waals surface area contributed by atoms with E-state index in [1.54, 1.807) is 17.5 Å². The van der Waals surface area contributed by atoms with E-state index >= 15 is 0 Å². The summed E-state index contributed by atoms with van der Waals surface area (Å²) < 4.78 is 11.6. The van der Waals surface area contributed by atoms with E-state index < -0.39 is 0 Å². The molecule has 5 rings (SSSR count). The van der Waals surface area contributed by atoms with Crippen molar-refractivity contribution in [1.82, 2.24) is 14.9 Å². The van der Waals surface area contributed by atoms with E-state index in [9.17, 15) is 5.26 Å². The Morgan fingerprint density at radius 2 is 1.80 bits per heavy atom. The van der Waals surface area contributed by atoms with Gasteiger partial charge in [-0.1, -0.05) is 60.2 Å². The quantitative estimate of drug-likeness (QED) is 0.348. The van der Waals surface area contributed by atoms with Crippen molar-refractivity contribution in [2.24, 2.45) is 0 Å². The van der Waals surface area contributed by atoms with Crippen molar-refractivity contribution in [2.45, 2.75) is 20.1 Å². The van der Waals surface area contributed by atoms with Gasteiger partial charge in [-0.25, -0.2) is 9.97 Å². The third-order valence-electron chi connectivity index (χ3n) is 5.98. The molecule has 0 N–H and O–H groups in total. The van der Waals surface area contributed by atoms with Crippen LogP contribution in [0.15, 0.2) is 66.9 Å². The number of nitrogens with zero attached hydrogens (tertiary/aromatic N) is 4. The van der Waals surface area contributed by atoms with Gasteiger partial charge in [-0.05, 0) is 24.1 Å². The van der Waals surface area contributed by atoms with E-state index in [4.69, 9.17) is 14.5 Å². The lowest BCUT2D eigenvalue weighted by Crippen LogP contribution is -2.35. The van der Waals surface area contributed by atoms with Gasteiger partial charge < -0.3 is 9.47 Å². The van der Waals surface area contributed by atoms with Crippen LogP contribution in [0.2, 0.25) is 0 Å². The predicted octanol–water partition coefficient (Wildman–Crippen LogP) is 5.46. The molecule has 0 amide bonds. The lowest BCUT2D eigenvalue weighted by Gasteiger charge is -2.26. The Bertz CT molecular complexity index is 1320. The molecule has 2 aromatic carbocycles. The van der Waals surface area contributed by atoms with Crippen LogP contribution in [0, 0.1) is 18.3 Å². The molecule has 35 heavy (non-hydrogen) atoms. The Morgan fingerprint density at radius 3 is 2.54 bits per heavy atom. The van der Waals surface area contributed by atoms with E-state index in [-0.39, 0.29) is 6.61 Å². The third kappa shape index (κ3) is 5.41. The van der Waals surface area contributed by atoms with Crippen LogP contribution < -0.4 is 4.74 Å². The molecule has 4 aromatic rings. The van der Waals surface area contributed by atoms with Crippen molar-refractivity contribution in [3.05, 3.63) is 88.7 Å². The summed E-state index contributed by atoms with van der Waals surface area (Å²) in [7, 11) is 0. The van der Waals surface area contributed by atoms with Crippen LogP contribution >= 0.6 is 11.3 Å². The second-order valence-corrected chi connectivity index (χ2v) is 9.53. The Morgan fingerprint density at radius 1 is 1.03 bits per heavy atom. The van der Waals surface area contributed by atoms with Crippen LogP contribution in [0.3, 0.4) is 0 Å².